The maximum Gasteiger partial charge on any atom is 0.253 e. The molecule has 0 radical (unpaired) electrons. The number of carbonyl (C=O) groups excluding carboxylic acids is 3. The fourth-order valence-electron chi connectivity index (χ4n) is 4.25. The molecular weight excluding hydrogens is 420 g/mol. The van der Waals surface area contributed by atoms with Crippen LogP contribution >= 0.6 is 0 Å². The molecule has 4 rings (SSSR count). The zero-order valence-electron chi connectivity index (χ0n) is 19.2. The molecule has 2 heterocycles. The number of fused-ring (bicyclic) bond motifs is 1. The number of hydrogen-bond donors (Lipinski definition) is 3. The van der Waals surface area contributed by atoms with E-state index in [2.05, 4.69) is 16.0 Å². The first-order chi connectivity index (χ1) is 15.8. The van der Waals surface area contributed by atoms with Gasteiger partial charge in [0.25, 0.3) is 5.91 Å². The summed E-state index contributed by atoms with van der Waals surface area (Å²) in [6.07, 6.45) is 1.99. The van der Waals surface area contributed by atoms with Gasteiger partial charge in [-0.3, -0.25) is 19.3 Å². The molecule has 0 aromatic heterocycles. The summed E-state index contributed by atoms with van der Waals surface area (Å²) in [6, 6.07) is 13.6. The van der Waals surface area contributed by atoms with E-state index in [-0.39, 0.29) is 23.8 Å². The largest absolute Gasteiger partial charge is 0.376 e. The van der Waals surface area contributed by atoms with E-state index >= 15 is 0 Å². The van der Waals surface area contributed by atoms with Crippen LogP contribution in [0.3, 0.4) is 0 Å². The van der Waals surface area contributed by atoms with Crippen molar-refractivity contribution in [2.45, 2.75) is 51.3 Å². The second-order valence-electron chi connectivity index (χ2n) is 8.96. The Morgan fingerprint density at radius 3 is 2.67 bits per heavy atom. The van der Waals surface area contributed by atoms with E-state index < -0.39 is 11.6 Å². The summed E-state index contributed by atoms with van der Waals surface area (Å²) < 4.78 is 5.58. The number of hydrogen-bond acceptors (Lipinski definition) is 5. The number of amides is 3. The number of rotatable bonds is 6. The fraction of sp³-hybridized carbons (Fsp3) is 0.400. The van der Waals surface area contributed by atoms with Gasteiger partial charge in [-0.15, -0.1) is 0 Å². The number of ether oxygens (including phenoxy) is 1. The van der Waals surface area contributed by atoms with Gasteiger partial charge in [-0.2, -0.15) is 0 Å². The molecule has 174 valence electrons. The third kappa shape index (κ3) is 4.57. The molecule has 3 amide bonds. The van der Waals surface area contributed by atoms with Crippen LogP contribution in [-0.2, 0) is 14.3 Å². The monoisotopic (exact) mass is 450 g/mol. The minimum Gasteiger partial charge on any atom is -0.376 e. The van der Waals surface area contributed by atoms with Gasteiger partial charge in [0, 0.05) is 18.8 Å². The van der Waals surface area contributed by atoms with Crippen LogP contribution in [0.1, 0.15) is 44.0 Å². The van der Waals surface area contributed by atoms with E-state index in [9.17, 15) is 14.4 Å². The SMILES string of the molecule is C[C@H](Nc1ccccc1C(=O)NC[C@H]1CCCO1)C(=O)N1c2ccccc2NC(=O)C1(C)C. The van der Waals surface area contributed by atoms with Crippen LogP contribution in [0.5, 0.6) is 0 Å². The van der Waals surface area contributed by atoms with E-state index in [1.165, 1.54) is 4.90 Å². The standard InChI is InChI=1S/C25H30N4O4/c1-16(23(31)29-21-13-7-6-12-20(21)28-24(32)25(29,2)3)27-19-11-5-4-10-18(19)22(30)26-15-17-9-8-14-33-17/h4-7,10-13,16-17,27H,8-9,14-15H2,1-3H3,(H,26,30)(H,28,32)/t16-,17+/m0/s1. The molecule has 0 bridgehead atoms. The minimum absolute atomic E-state index is 0.0436. The minimum atomic E-state index is -1.07. The molecule has 0 aliphatic carbocycles. The summed E-state index contributed by atoms with van der Waals surface area (Å²) in [5, 5.41) is 8.98. The van der Waals surface area contributed by atoms with Crippen molar-refractivity contribution in [2.75, 3.05) is 28.7 Å². The molecule has 1 fully saturated rings. The van der Waals surface area contributed by atoms with Crippen molar-refractivity contribution in [3.05, 3.63) is 54.1 Å². The fourth-order valence-corrected chi connectivity index (χ4v) is 4.25. The van der Waals surface area contributed by atoms with Crippen LogP contribution < -0.4 is 20.9 Å². The lowest BCUT2D eigenvalue weighted by molar-refractivity contribution is -0.126. The molecule has 2 aromatic carbocycles. The highest BCUT2D eigenvalue weighted by molar-refractivity contribution is 6.15. The summed E-state index contributed by atoms with van der Waals surface area (Å²) >= 11 is 0. The predicted octanol–water partition coefficient (Wildman–Crippen LogP) is 3.16. The Labute approximate surface area is 193 Å². The van der Waals surface area contributed by atoms with Crippen LogP contribution in [-0.4, -0.2) is 48.6 Å². The van der Waals surface area contributed by atoms with E-state index in [0.29, 0.717) is 29.2 Å². The second kappa shape index (κ2) is 9.23. The maximum atomic E-state index is 13.6. The maximum absolute atomic E-state index is 13.6. The molecule has 3 N–H and O–H groups in total. The molecule has 2 aliphatic heterocycles. The van der Waals surface area contributed by atoms with E-state index in [0.717, 1.165) is 19.4 Å². The molecule has 0 unspecified atom stereocenters. The van der Waals surface area contributed by atoms with Crippen molar-refractivity contribution in [1.29, 1.82) is 0 Å². The third-order valence-electron chi connectivity index (χ3n) is 6.16. The number of nitrogens with one attached hydrogen (secondary N) is 3. The highest BCUT2D eigenvalue weighted by Crippen LogP contribution is 2.37. The summed E-state index contributed by atoms with van der Waals surface area (Å²) in [7, 11) is 0. The Kier molecular flexibility index (Phi) is 6.37. The topological polar surface area (TPSA) is 99.8 Å². The summed E-state index contributed by atoms with van der Waals surface area (Å²) in [4.78, 5) is 40.6. The van der Waals surface area contributed by atoms with Crippen molar-refractivity contribution in [3.8, 4) is 0 Å². The van der Waals surface area contributed by atoms with Crippen LogP contribution in [0.25, 0.3) is 0 Å². The Bertz CT molecular complexity index is 1060. The molecule has 8 heteroatoms. The quantitative estimate of drug-likeness (QED) is 0.628. The van der Waals surface area contributed by atoms with Crippen molar-refractivity contribution in [3.63, 3.8) is 0 Å². The number of benzene rings is 2. The number of nitrogens with zero attached hydrogens (tertiary/aromatic N) is 1. The summed E-state index contributed by atoms with van der Waals surface area (Å²) in [5.74, 6) is -0.746. The van der Waals surface area contributed by atoms with Crippen LogP contribution in [0, 0.1) is 0 Å². The molecule has 2 aromatic rings. The summed E-state index contributed by atoms with van der Waals surface area (Å²) in [6.45, 7) is 6.35. The molecule has 0 spiro atoms. The van der Waals surface area contributed by atoms with E-state index in [1.807, 2.05) is 24.3 Å². The smallest absolute Gasteiger partial charge is 0.253 e. The van der Waals surface area contributed by atoms with Gasteiger partial charge in [0.1, 0.15) is 11.6 Å². The zero-order chi connectivity index (χ0) is 23.6. The number of anilines is 3. The first kappa shape index (κ1) is 22.8. The van der Waals surface area contributed by atoms with Crippen molar-refractivity contribution in [2.24, 2.45) is 0 Å². The Morgan fingerprint density at radius 2 is 1.91 bits per heavy atom. The highest BCUT2D eigenvalue weighted by atomic mass is 16.5. The van der Waals surface area contributed by atoms with Gasteiger partial charge < -0.3 is 20.7 Å². The third-order valence-corrected chi connectivity index (χ3v) is 6.16. The average molecular weight is 451 g/mol. The van der Waals surface area contributed by atoms with Crippen molar-refractivity contribution >= 4 is 34.8 Å². The van der Waals surface area contributed by atoms with Gasteiger partial charge >= 0.3 is 0 Å². The normalized spacial score (nSPS) is 19.9. The summed E-state index contributed by atoms with van der Waals surface area (Å²) in [5.41, 5.74) is 1.17. The van der Waals surface area contributed by atoms with Gasteiger partial charge in [-0.25, -0.2) is 0 Å². The van der Waals surface area contributed by atoms with Crippen molar-refractivity contribution < 1.29 is 19.1 Å². The van der Waals surface area contributed by atoms with Crippen LogP contribution in [0.15, 0.2) is 48.5 Å². The zero-order valence-corrected chi connectivity index (χ0v) is 19.2. The molecular formula is C25H30N4O4. The predicted molar refractivity (Wildman–Crippen MR) is 127 cm³/mol. The first-order valence-electron chi connectivity index (χ1n) is 11.3. The van der Waals surface area contributed by atoms with Gasteiger partial charge in [0.2, 0.25) is 11.8 Å². The van der Waals surface area contributed by atoms with Crippen molar-refractivity contribution in [1.82, 2.24) is 5.32 Å². The van der Waals surface area contributed by atoms with Crippen LogP contribution in [0.2, 0.25) is 0 Å². The highest BCUT2D eigenvalue weighted by Gasteiger charge is 2.44. The number of para-hydroxylation sites is 3. The van der Waals surface area contributed by atoms with Gasteiger partial charge in [0.05, 0.1) is 23.0 Å². The Morgan fingerprint density at radius 1 is 1.18 bits per heavy atom. The lowest BCUT2D eigenvalue weighted by Crippen LogP contribution is -2.61. The first-order valence-corrected chi connectivity index (χ1v) is 11.3. The molecule has 2 aliphatic rings. The molecule has 0 saturated carbocycles. The molecule has 1 saturated heterocycles. The van der Waals surface area contributed by atoms with E-state index in [4.69, 9.17) is 4.74 Å². The number of carbonyl (C=O) groups is 3. The van der Waals surface area contributed by atoms with Gasteiger partial charge in [-0.05, 0) is 57.9 Å². The average Bonchev–Trinajstić information content (AvgIpc) is 3.32. The molecule has 8 nitrogen and oxygen atoms in total. The lowest BCUT2D eigenvalue weighted by atomic mass is 9.95. The Hall–Kier alpha value is -3.39. The molecule has 2 atom stereocenters. The van der Waals surface area contributed by atoms with E-state index in [1.54, 1.807) is 45.0 Å². The van der Waals surface area contributed by atoms with Crippen LogP contribution in [0.4, 0.5) is 17.1 Å². The van der Waals surface area contributed by atoms with Gasteiger partial charge in [-0.1, -0.05) is 24.3 Å². The van der Waals surface area contributed by atoms with Gasteiger partial charge in [0.15, 0.2) is 0 Å². The molecule has 33 heavy (non-hydrogen) atoms. The lowest BCUT2D eigenvalue weighted by Gasteiger charge is -2.43. The second-order valence-corrected chi connectivity index (χ2v) is 8.96. The Balaban J connectivity index is 1.53.